The topological polar surface area (TPSA) is 12.0 Å². The van der Waals surface area contributed by atoms with Gasteiger partial charge in [-0.25, -0.2) is 4.39 Å². The molecule has 2 atom stereocenters. The minimum absolute atomic E-state index is 0.0595. The van der Waals surface area contributed by atoms with Crippen molar-refractivity contribution in [1.29, 1.82) is 0 Å². The van der Waals surface area contributed by atoms with Crippen molar-refractivity contribution >= 4 is 15.9 Å². The Kier molecular flexibility index (Phi) is 3.10. The predicted molar refractivity (Wildman–Crippen MR) is 67.8 cm³/mol. The van der Waals surface area contributed by atoms with Crippen LogP contribution in [0.2, 0.25) is 0 Å². The lowest BCUT2D eigenvalue weighted by Crippen LogP contribution is -2.24. The van der Waals surface area contributed by atoms with E-state index in [1.807, 2.05) is 13.0 Å². The molecule has 1 N–H and O–H groups in total. The van der Waals surface area contributed by atoms with Crippen molar-refractivity contribution in [1.82, 2.24) is 5.32 Å². The van der Waals surface area contributed by atoms with Crippen molar-refractivity contribution in [2.24, 2.45) is 5.41 Å². The fraction of sp³-hybridized carbons (Fsp3) is 0.538. The Balaban J connectivity index is 2.09. The number of rotatable bonds is 3. The second kappa shape index (κ2) is 4.11. The van der Waals surface area contributed by atoms with Gasteiger partial charge in [-0.15, -0.1) is 0 Å². The van der Waals surface area contributed by atoms with Gasteiger partial charge in [0, 0.05) is 22.1 Å². The molecule has 0 radical (unpaired) electrons. The van der Waals surface area contributed by atoms with Crippen LogP contribution in [0, 0.1) is 11.2 Å². The summed E-state index contributed by atoms with van der Waals surface area (Å²) in [6, 6.07) is 5.66. The highest BCUT2D eigenvalue weighted by molar-refractivity contribution is 9.10. The maximum Gasteiger partial charge on any atom is 0.128 e. The summed E-state index contributed by atoms with van der Waals surface area (Å²) in [7, 11) is 0. The van der Waals surface area contributed by atoms with Gasteiger partial charge in [0.25, 0.3) is 0 Å². The summed E-state index contributed by atoms with van der Waals surface area (Å²) in [6.45, 7) is 6.47. The minimum Gasteiger partial charge on any atom is -0.307 e. The Labute approximate surface area is 105 Å². The summed E-state index contributed by atoms with van der Waals surface area (Å²) in [6.07, 6.45) is 1.17. The zero-order valence-corrected chi connectivity index (χ0v) is 11.4. The highest BCUT2D eigenvalue weighted by Gasteiger charge is 2.46. The molecule has 1 saturated carbocycles. The Bertz CT molecular complexity index is 403. The molecule has 1 aliphatic carbocycles. The number of hydrogen-bond donors (Lipinski definition) is 1. The summed E-state index contributed by atoms with van der Waals surface area (Å²) in [5.41, 5.74) is 1.11. The van der Waals surface area contributed by atoms with E-state index in [2.05, 4.69) is 35.1 Å². The normalized spacial score (nSPS) is 24.2. The molecular formula is C13H17BrFN. The third-order valence-electron chi connectivity index (χ3n) is 3.39. The third kappa shape index (κ3) is 2.46. The summed E-state index contributed by atoms with van der Waals surface area (Å²) < 4.78 is 14.5. The molecule has 1 aliphatic rings. The molecule has 1 fully saturated rings. The molecule has 0 bridgehead atoms. The zero-order valence-electron chi connectivity index (χ0n) is 9.85. The van der Waals surface area contributed by atoms with Crippen LogP contribution in [0.3, 0.4) is 0 Å². The van der Waals surface area contributed by atoms with Crippen LogP contribution in [0.4, 0.5) is 4.39 Å². The van der Waals surface area contributed by atoms with E-state index >= 15 is 0 Å². The second-order valence-electron chi connectivity index (χ2n) is 5.30. The summed E-state index contributed by atoms with van der Waals surface area (Å²) >= 11 is 3.37. The molecule has 0 spiro atoms. The van der Waals surface area contributed by atoms with Gasteiger partial charge in [0.15, 0.2) is 0 Å². The van der Waals surface area contributed by atoms with Gasteiger partial charge >= 0.3 is 0 Å². The first-order valence-corrected chi connectivity index (χ1v) is 6.40. The lowest BCUT2D eigenvalue weighted by Gasteiger charge is -2.16. The molecule has 3 heteroatoms. The van der Waals surface area contributed by atoms with Gasteiger partial charge in [-0.1, -0.05) is 29.8 Å². The van der Waals surface area contributed by atoms with Gasteiger partial charge in [-0.05, 0) is 37.0 Å². The van der Waals surface area contributed by atoms with E-state index in [1.165, 1.54) is 12.5 Å². The first kappa shape index (κ1) is 12.1. The SMILES string of the molecule is CC(NC1CC1(C)C)c1cc(Br)ccc1F. The Morgan fingerprint density at radius 1 is 1.50 bits per heavy atom. The van der Waals surface area contributed by atoms with Crippen LogP contribution < -0.4 is 5.32 Å². The van der Waals surface area contributed by atoms with Gasteiger partial charge in [0.2, 0.25) is 0 Å². The largest absolute Gasteiger partial charge is 0.307 e. The van der Waals surface area contributed by atoms with Crippen LogP contribution in [0.25, 0.3) is 0 Å². The molecule has 1 aromatic carbocycles. The maximum absolute atomic E-state index is 13.6. The third-order valence-corrected chi connectivity index (χ3v) is 3.88. The van der Waals surface area contributed by atoms with Gasteiger partial charge in [-0.2, -0.15) is 0 Å². The molecule has 2 unspecified atom stereocenters. The molecule has 88 valence electrons. The van der Waals surface area contributed by atoms with Gasteiger partial charge in [0.1, 0.15) is 5.82 Å². The van der Waals surface area contributed by atoms with Crippen molar-refractivity contribution < 1.29 is 4.39 Å². The smallest absolute Gasteiger partial charge is 0.128 e. The van der Waals surface area contributed by atoms with E-state index in [-0.39, 0.29) is 11.9 Å². The van der Waals surface area contributed by atoms with Crippen molar-refractivity contribution in [3.05, 3.63) is 34.1 Å². The Hall–Kier alpha value is -0.410. The molecule has 0 saturated heterocycles. The highest BCUT2D eigenvalue weighted by atomic mass is 79.9. The number of nitrogens with one attached hydrogen (secondary N) is 1. The van der Waals surface area contributed by atoms with Crippen LogP contribution >= 0.6 is 15.9 Å². The molecule has 0 heterocycles. The maximum atomic E-state index is 13.6. The molecule has 0 amide bonds. The first-order chi connectivity index (χ1) is 7.40. The molecule has 0 aliphatic heterocycles. The standard InChI is InChI=1S/C13H17BrFN/c1-8(16-12-7-13(12,2)3)10-6-9(14)4-5-11(10)15/h4-6,8,12,16H,7H2,1-3H3. The van der Waals surface area contributed by atoms with Crippen molar-refractivity contribution in [2.75, 3.05) is 0 Å². The van der Waals surface area contributed by atoms with Crippen molar-refractivity contribution in [3.63, 3.8) is 0 Å². The summed E-state index contributed by atoms with van der Waals surface area (Å²) in [4.78, 5) is 0. The first-order valence-electron chi connectivity index (χ1n) is 5.61. The van der Waals surface area contributed by atoms with Crippen molar-refractivity contribution in [2.45, 2.75) is 39.3 Å². The molecule has 1 aromatic rings. The summed E-state index contributed by atoms with van der Waals surface area (Å²) in [5.74, 6) is -0.137. The van der Waals surface area contributed by atoms with Crippen LogP contribution in [-0.2, 0) is 0 Å². The predicted octanol–water partition coefficient (Wildman–Crippen LogP) is 4.04. The minimum atomic E-state index is -0.137. The van der Waals surface area contributed by atoms with E-state index in [4.69, 9.17) is 0 Å². The quantitative estimate of drug-likeness (QED) is 0.884. The van der Waals surface area contributed by atoms with E-state index < -0.39 is 0 Å². The lowest BCUT2D eigenvalue weighted by molar-refractivity contribution is 0.475. The van der Waals surface area contributed by atoms with Gasteiger partial charge in [0.05, 0.1) is 0 Å². The van der Waals surface area contributed by atoms with Crippen LogP contribution in [-0.4, -0.2) is 6.04 Å². The van der Waals surface area contributed by atoms with E-state index in [9.17, 15) is 4.39 Å². The highest BCUT2D eigenvalue weighted by Crippen LogP contribution is 2.45. The fourth-order valence-corrected chi connectivity index (χ4v) is 2.37. The van der Waals surface area contributed by atoms with E-state index in [1.54, 1.807) is 6.07 Å². The van der Waals surface area contributed by atoms with Crippen LogP contribution in [0.15, 0.2) is 22.7 Å². The molecule has 16 heavy (non-hydrogen) atoms. The number of benzene rings is 1. The van der Waals surface area contributed by atoms with Crippen molar-refractivity contribution in [3.8, 4) is 0 Å². The lowest BCUT2D eigenvalue weighted by atomic mass is 10.1. The molecular weight excluding hydrogens is 269 g/mol. The Morgan fingerprint density at radius 3 is 2.69 bits per heavy atom. The Morgan fingerprint density at radius 2 is 2.12 bits per heavy atom. The monoisotopic (exact) mass is 285 g/mol. The zero-order chi connectivity index (χ0) is 11.9. The second-order valence-corrected chi connectivity index (χ2v) is 6.22. The fourth-order valence-electron chi connectivity index (χ4n) is 1.99. The summed E-state index contributed by atoms with van der Waals surface area (Å²) in [5, 5.41) is 3.47. The molecule has 2 rings (SSSR count). The van der Waals surface area contributed by atoms with Crippen LogP contribution in [0.1, 0.15) is 38.8 Å². The van der Waals surface area contributed by atoms with E-state index in [0.29, 0.717) is 11.5 Å². The van der Waals surface area contributed by atoms with Crippen LogP contribution in [0.5, 0.6) is 0 Å². The van der Waals surface area contributed by atoms with Gasteiger partial charge in [-0.3, -0.25) is 0 Å². The molecule has 1 nitrogen and oxygen atoms in total. The van der Waals surface area contributed by atoms with E-state index in [0.717, 1.165) is 10.0 Å². The average Bonchev–Trinajstić information content (AvgIpc) is 2.77. The number of hydrogen-bond acceptors (Lipinski definition) is 1. The van der Waals surface area contributed by atoms with Gasteiger partial charge < -0.3 is 5.32 Å². The molecule has 0 aromatic heterocycles. The number of halogens is 2. The average molecular weight is 286 g/mol.